The molecule has 0 aliphatic heterocycles. The van der Waals surface area contributed by atoms with E-state index in [1.807, 2.05) is 5.32 Å². The molecule has 0 aliphatic rings. The summed E-state index contributed by atoms with van der Waals surface area (Å²) in [7, 11) is 0. The molecule has 0 saturated carbocycles. The molecule has 1 aromatic carbocycles. The van der Waals surface area contributed by atoms with Crippen molar-refractivity contribution in [3.8, 4) is 5.69 Å². The first-order valence-electron chi connectivity index (χ1n) is 6.33. The Morgan fingerprint density at radius 3 is 2.78 bits per heavy atom. The van der Waals surface area contributed by atoms with Gasteiger partial charge in [-0.3, -0.25) is 14.9 Å². The Hall–Kier alpha value is -2.95. The molecule has 1 aromatic heterocycles. The Morgan fingerprint density at radius 1 is 1.48 bits per heavy atom. The Bertz CT molecular complexity index is 720. The predicted octanol–water partition coefficient (Wildman–Crippen LogP) is 0.499. The van der Waals surface area contributed by atoms with Crippen LogP contribution in [0.1, 0.15) is 10.4 Å². The van der Waals surface area contributed by atoms with Gasteiger partial charge in [-0.2, -0.15) is 5.10 Å². The SMILES string of the molecule is NCC(F)(F)CNC(=O)c1ccc(-n2cncn2)c([N+](=O)[O-])c1. The summed E-state index contributed by atoms with van der Waals surface area (Å²) in [6.07, 6.45) is 2.45. The number of nitrogens with one attached hydrogen (secondary N) is 1. The van der Waals surface area contributed by atoms with E-state index in [0.717, 1.165) is 10.7 Å². The molecule has 23 heavy (non-hydrogen) atoms. The van der Waals surface area contributed by atoms with Crippen molar-refractivity contribution in [2.45, 2.75) is 5.92 Å². The first-order chi connectivity index (χ1) is 10.8. The van der Waals surface area contributed by atoms with Crippen molar-refractivity contribution in [1.29, 1.82) is 0 Å². The van der Waals surface area contributed by atoms with E-state index < -0.39 is 35.5 Å². The zero-order valence-corrected chi connectivity index (χ0v) is 11.6. The van der Waals surface area contributed by atoms with Crippen LogP contribution in [0, 0.1) is 10.1 Å². The topological polar surface area (TPSA) is 129 Å². The van der Waals surface area contributed by atoms with Crippen molar-refractivity contribution in [3.05, 3.63) is 46.5 Å². The number of amides is 1. The van der Waals surface area contributed by atoms with Crippen molar-refractivity contribution in [2.75, 3.05) is 13.1 Å². The normalized spacial score (nSPS) is 11.3. The molecular weight excluding hydrogens is 314 g/mol. The van der Waals surface area contributed by atoms with Gasteiger partial charge < -0.3 is 11.1 Å². The molecule has 0 aliphatic carbocycles. The van der Waals surface area contributed by atoms with Gasteiger partial charge in [0.1, 0.15) is 18.3 Å². The van der Waals surface area contributed by atoms with Crippen LogP contribution in [0.15, 0.2) is 30.9 Å². The third kappa shape index (κ3) is 3.83. The lowest BCUT2D eigenvalue weighted by Gasteiger charge is -2.14. The predicted molar refractivity (Wildman–Crippen MR) is 74.3 cm³/mol. The first kappa shape index (κ1) is 16.4. The monoisotopic (exact) mass is 326 g/mol. The summed E-state index contributed by atoms with van der Waals surface area (Å²) in [6.45, 7) is -1.88. The third-order valence-electron chi connectivity index (χ3n) is 2.91. The number of nitro benzene ring substituents is 1. The van der Waals surface area contributed by atoms with Crippen LogP contribution in [0.25, 0.3) is 5.69 Å². The van der Waals surface area contributed by atoms with Crippen molar-refractivity contribution in [3.63, 3.8) is 0 Å². The minimum atomic E-state index is -3.25. The third-order valence-corrected chi connectivity index (χ3v) is 2.91. The number of nitro groups is 1. The maximum Gasteiger partial charge on any atom is 0.295 e. The molecular formula is C12H12F2N6O3. The Morgan fingerprint density at radius 2 is 2.22 bits per heavy atom. The highest BCUT2D eigenvalue weighted by Gasteiger charge is 2.28. The van der Waals surface area contributed by atoms with Crippen LogP contribution in [0.3, 0.4) is 0 Å². The highest BCUT2D eigenvalue weighted by molar-refractivity contribution is 5.95. The minimum Gasteiger partial charge on any atom is -0.346 e. The van der Waals surface area contributed by atoms with Gasteiger partial charge in [0, 0.05) is 11.6 Å². The average molecular weight is 326 g/mol. The van der Waals surface area contributed by atoms with Gasteiger partial charge in [-0.1, -0.05) is 0 Å². The molecule has 3 N–H and O–H groups in total. The Labute approximate surface area is 128 Å². The Balaban J connectivity index is 2.26. The maximum absolute atomic E-state index is 13.0. The van der Waals surface area contributed by atoms with E-state index in [2.05, 4.69) is 10.1 Å². The van der Waals surface area contributed by atoms with Gasteiger partial charge in [0.15, 0.2) is 0 Å². The van der Waals surface area contributed by atoms with Crippen LogP contribution in [0.4, 0.5) is 14.5 Å². The number of nitrogens with zero attached hydrogens (tertiary/aromatic N) is 4. The average Bonchev–Trinajstić information content (AvgIpc) is 3.06. The molecule has 11 heteroatoms. The van der Waals surface area contributed by atoms with Gasteiger partial charge in [-0.15, -0.1) is 0 Å². The maximum atomic E-state index is 13.0. The van der Waals surface area contributed by atoms with E-state index in [4.69, 9.17) is 5.73 Å². The number of nitrogens with two attached hydrogens (primary N) is 1. The lowest BCUT2D eigenvalue weighted by molar-refractivity contribution is -0.384. The summed E-state index contributed by atoms with van der Waals surface area (Å²) in [5.41, 5.74) is 4.42. The fourth-order valence-corrected chi connectivity index (χ4v) is 1.72. The number of hydrogen-bond acceptors (Lipinski definition) is 6. The zero-order valence-electron chi connectivity index (χ0n) is 11.6. The fourth-order valence-electron chi connectivity index (χ4n) is 1.72. The number of carbonyl (C=O) groups excluding carboxylic acids is 1. The number of benzene rings is 1. The minimum absolute atomic E-state index is 0.0938. The molecule has 122 valence electrons. The number of alkyl halides is 2. The van der Waals surface area contributed by atoms with Gasteiger partial charge in [0.25, 0.3) is 17.5 Å². The standard InChI is InChI=1S/C12H12F2N6O3/c13-12(14,4-15)5-17-11(21)8-1-2-9(10(3-8)20(22)23)19-7-16-6-18-19/h1-3,6-7H,4-5,15H2,(H,17,21). The van der Waals surface area contributed by atoms with E-state index in [1.54, 1.807) is 0 Å². The van der Waals surface area contributed by atoms with Crippen molar-refractivity contribution < 1.29 is 18.5 Å². The molecule has 0 bridgehead atoms. The van der Waals surface area contributed by atoms with Gasteiger partial charge in [-0.05, 0) is 12.1 Å². The molecule has 0 unspecified atom stereocenters. The van der Waals surface area contributed by atoms with Crippen molar-refractivity contribution in [1.82, 2.24) is 20.1 Å². The molecule has 0 fully saturated rings. The zero-order chi connectivity index (χ0) is 17.0. The fraction of sp³-hybridized carbons (Fsp3) is 0.250. The molecule has 9 nitrogen and oxygen atoms in total. The van der Waals surface area contributed by atoms with Crippen LogP contribution in [0.5, 0.6) is 0 Å². The number of hydrogen-bond donors (Lipinski definition) is 2. The molecule has 0 radical (unpaired) electrons. The van der Waals surface area contributed by atoms with Gasteiger partial charge in [0.2, 0.25) is 0 Å². The van der Waals surface area contributed by atoms with Crippen molar-refractivity contribution >= 4 is 11.6 Å². The summed E-state index contributed by atoms with van der Waals surface area (Å²) in [5, 5.41) is 16.9. The largest absolute Gasteiger partial charge is 0.346 e. The summed E-state index contributed by atoms with van der Waals surface area (Å²) < 4.78 is 27.2. The second-order valence-electron chi connectivity index (χ2n) is 4.54. The van der Waals surface area contributed by atoms with E-state index >= 15 is 0 Å². The van der Waals surface area contributed by atoms with Crippen LogP contribution < -0.4 is 11.1 Å². The van der Waals surface area contributed by atoms with E-state index in [1.165, 1.54) is 24.8 Å². The lowest BCUT2D eigenvalue weighted by atomic mass is 10.1. The summed E-state index contributed by atoms with van der Waals surface area (Å²) in [5.74, 6) is -4.12. The first-order valence-corrected chi connectivity index (χ1v) is 6.33. The number of rotatable bonds is 6. The van der Waals surface area contributed by atoms with Crippen LogP contribution >= 0.6 is 0 Å². The summed E-state index contributed by atoms with van der Waals surface area (Å²) in [6, 6.07) is 3.52. The molecule has 1 heterocycles. The van der Waals surface area contributed by atoms with Crippen LogP contribution in [-0.2, 0) is 0 Å². The van der Waals surface area contributed by atoms with Gasteiger partial charge in [-0.25, -0.2) is 18.4 Å². The van der Waals surface area contributed by atoms with Crippen LogP contribution in [-0.4, -0.2) is 44.6 Å². The second-order valence-corrected chi connectivity index (χ2v) is 4.54. The summed E-state index contributed by atoms with van der Waals surface area (Å²) >= 11 is 0. The van der Waals surface area contributed by atoms with Gasteiger partial charge >= 0.3 is 0 Å². The van der Waals surface area contributed by atoms with E-state index in [0.29, 0.717) is 0 Å². The van der Waals surface area contributed by atoms with Crippen molar-refractivity contribution in [2.24, 2.45) is 5.73 Å². The highest BCUT2D eigenvalue weighted by Crippen LogP contribution is 2.23. The number of aromatic nitrogens is 3. The van der Waals surface area contributed by atoms with E-state index in [9.17, 15) is 23.7 Å². The van der Waals surface area contributed by atoms with Gasteiger partial charge in [0.05, 0.1) is 18.0 Å². The van der Waals surface area contributed by atoms with Crippen LogP contribution in [0.2, 0.25) is 0 Å². The molecule has 0 saturated heterocycles. The smallest absolute Gasteiger partial charge is 0.295 e. The second kappa shape index (κ2) is 6.44. The molecule has 0 atom stereocenters. The Kier molecular flexibility index (Phi) is 4.60. The highest BCUT2D eigenvalue weighted by atomic mass is 19.3. The molecule has 2 aromatic rings. The lowest BCUT2D eigenvalue weighted by Crippen LogP contribution is -2.41. The summed E-state index contributed by atoms with van der Waals surface area (Å²) in [4.78, 5) is 25.9. The quantitative estimate of drug-likeness (QED) is 0.587. The molecule has 2 rings (SSSR count). The number of halogens is 2. The molecule has 1 amide bonds. The number of carbonyl (C=O) groups is 1. The van der Waals surface area contributed by atoms with E-state index in [-0.39, 0.29) is 11.3 Å². The molecule has 0 spiro atoms.